The first-order chi connectivity index (χ1) is 24.4. The van der Waals surface area contributed by atoms with Gasteiger partial charge in [-0.15, -0.1) is 0 Å². The van der Waals surface area contributed by atoms with Crippen molar-refractivity contribution in [2.75, 3.05) is 5.73 Å². The summed E-state index contributed by atoms with van der Waals surface area (Å²) in [5.74, 6) is -3.41. The SMILES string of the molecule is C.Cc1cc(N)cc(S(N)(=O)=O)c1F.Cc1cc([N+](=O)[O-])cc(S(=O)(=O)Cl)c1F.Cc1cc([N+](=O)[O-])cc(S(N)(=O)=O)c1F.Cc1cc([N+](=O)[O-])ccc1F. The van der Waals surface area contributed by atoms with Crippen LogP contribution in [0, 0.1) is 81.3 Å². The first-order valence-corrected chi connectivity index (χ1v) is 19.2. The molecule has 0 unspecified atom stereocenters. The predicted molar refractivity (Wildman–Crippen MR) is 191 cm³/mol. The van der Waals surface area contributed by atoms with Crippen molar-refractivity contribution in [1.82, 2.24) is 0 Å². The first kappa shape index (κ1) is 49.7. The van der Waals surface area contributed by atoms with Gasteiger partial charge in [-0.25, -0.2) is 53.1 Å². The molecule has 0 aliphatic rings. The number of rotatable bonds is 6. The van der Waals surface area contributed by atoms with Gasteiger partial charge in [0, 0.05) is 52.8 Å². The molecule has 0 spiro atoms. The van der Waals surface area contributed by atoms with E-state index in [1.54, 1.807) is 0 Å². The minimum Gasteiger partial charge on any atom is -0.399 e. The molecule has 55 heavy (non-hydrogen) atoms. The van der Waals surface area contributed by atoms with E-state index < -0.39 is 93.2 Å². The molecule has 4 rings (SSSR count). The average Bonchev–Trinajstić information content (AvgIpc) is 3.01. The Morgan fingerprint density at radius 1 is 0.545 bits per heavy atom. The molecule has 0 saturated carbocycles. The molecule has 0 radical (unpaired) electrons. The van der Waals surface area contributed by atoms with Crippen molar-refractivity contribution in [2.24, 2.45) is 10.3 Å². The lowest BCUT2D eigenvalue weighted by atomic mass is 10.2. The Kier molecular flexibility index (Phi) is 17.4. The topological polar surface area (TPSA) is 310 Å². The Hall–Kier alpha value is -5.34. The summed E-state index contributed by atoms with van der Waals surface area (Å²) in [6.45, 7) is 5.34. The number of aryl methyl sites for hydroxylation is 4. The van der Waals surface area contributed by atoms with Crippen LogP contribution < -0.4 is 16.0 Å². The van der Waals surface area contributed by atoms with E-state index in [2.05, 4.69) is 0 Å². The number of hydrogen-bond donors (Lipinski definition) is 3. The molecule has 0 heterocycles. The standard InChI is InChI=1S/C7H5ClFNO4S.C7H7FN2O4S.C7H9FN2O2S.C7H6FNO2.CH4/c1-4-2-5(10(11)12)3-6(7(4)9)15(8,13)14;1-4-2-5(10(11)12)3-6(7(4)8)15(9,13)14;1-4-2-5(9)3-6(7(4)8)13(10,11)12;1-5-4-6(9(10)11)2-3-7(5)8;/h2-3H,1H3;2-3H,1H3,(H2,9,13,14);2-3H,9H2,1H3,(H2,10,11,12);2-4H,1H3;1H4. The Labute approximate surface area is 315 Å². The van der Waals surface area contributed by atoms with Crippen molar-refractivity contribution >= 4 is 62.5 Å². The van der Waals surface area contributed by atoms with Gasteiger partial charge in [0.25, 0.3) is 26.1 Å². The van der Waals surface area contributed by atoms with Gasteiger partial charge < -0.3 is 5.73 Å². The smallest absolute Gasteiger partial charge is 0.271 e. The summed E-state index contributed by atoms with van der Waals surface area (Å²) in [5.41, 5.74) is 4.54. The molecule has 0 bridgehead atoms. The second-order valence-corrected chi connectivity index (χ2v) is 16.1. The lowest BCUT2D eigenvalue weighted by molar-refractivity contribution is -0.385. The van der Waals surface area contributed by atoms with Crippen LogP contribution >= 0.6 is 10.7 Å². The maximum atomic E-state index is 13.3. The second kappa shape index (κ2) is 19.3. The van der Waals surface area contributed by atoms with Crippen LogP contribution in [-0.2, 0) is 29.1 Å². The fraction of sp³-hybridized carbons (Fsp3) is 0.172. The lowest BCUT2D eigenvalue weighted by Crippen LogP contribution is -2.15. The molecular weight excluding hydrogens is 832 g/mol. The van der Waals surface area contributed by atoms with Crippen molar-refractivity contribution < 1.29 is 57.6 Å². The molecule has 0 aromatic heterocycles. The van der Waals surface area contributed by atoms with Gasteiger partial charge in [0.1, 0.15) is 38.0 Å². The van der Waals surface area contributed by atoms with Gasteiger partial charge in [0.05, 0.1) is 14.8 Å². The third-order valence-corrected chi connectivity index (χ3v) is 9.45. The van der Waals surface area contributed by atoms with Gasteiger partial charge in [0.15, 0.2) is 0 Å². The quantitative estimate of drug-likeness (QED) is 0.0689. The van der Waals surface area contributed by atoms with Gasteiger partial charge in [-0.05, 0) is 68.1 Å². The van der Waals surface area contributed by atoms with Crippen molar-refractivity contribution in [3.63, 3.8) is 0 Å². The Morgan fingerprint density at radius 2 is 0.873 bits per heavy atom. The van der Waals surface area contributed by atoms with Crippen molar-refractivity contribution in [3.8, 4) is 0 Å². The van der Waals surface area contributed by atoms with Crippen LogP contribution in [0.25, 0.3) is 0 Å². The van der Waals surface area contributed by atoms with Crippen LogP contribution in [-0.4, -0.2) is 40.0 Å². The van der Waals surface area contributed by atoms with Gasteiger partial charge in [0.2, 0.25) is 20.0 Å². The van der Waals surface area contributed by atoms with E-state index in [0.717, 1.165) is 30.3 Å². The highest BCUT2D eigenvalue weighted by Crippen LogP contribution is 2.27. The largest absolute Gasteiger partial charge is 0.399 e. The van der Waals surface area contributed by atoms with Crippen LogP contribution in [0.1, 0.15) is 29.7 Å². The number of hydrogen-bond acceptors (Lipinski definition) is 13. The third-order valence-electron chi connectivity index (χ3n) is 6.31. The number of halogens is 5. The number of non-ortho nitro benzene ring substituents is 3. The predicted octanol–water partition coefficient (Wildman–Crippen LogP) is 5.70. The van der Waals surface area contributed by atoms with Crippen molar-refractivity contribution in [2.45, 2.75) is 49.8 Å². The molecule has 0 aliphatic heterocycles. The normalized spacial score (nSPS) is 10.9. The number of primary sulfonamides is 2. The van der Waals surface area contributed by atoms with Gasteiger partial charge in [-0.1, -0.05) is 7.43 Å². The average molecular weight is 863 g/mol. The highest BCUT2D eigenvalue weighted by molar-refractivity contribution is 8.13. The number of nitrogens with two attached hydrogens (primary N) is 3. The number of nitrogen functional groups attached to an aromatic ring is 1. The third kappa shape index (κ3) is 14.4. The molecule has 0 fully saturated rings. The molecule has 4 aromatic rings. The van der Waals surface area contributed by atoms with E-state index in [1.165, 1.54) is 39.8 Å². The molecule has 302 valence electrons. The van der Waals surface area contributed by atoms with Gasteiger partial charge >= 0.3 is 0 Å². The highest BCUT2D eigenvalue weighted by Gasteiger charge is 2.23. The number of nitro benzene ring substituents is 3. The minimum absolute atomic E-state index is 0. The van der Waals surface area contributed by atoms with Crippen LogP contribution in [0.4, 0.5) is 40.3 Å². The van der Waals surface area contributed by atoms with E-state index in [-0.39, 0.29) is 35.5 Å². The van der Waals surface area contributed by atoms with E-state index in [1.807, 2.05) is 0 Å². The van der Waals surface area contributed by atoms with Crippen LogP contribution in [0.5, 0.6) is 0 Å². The van der Waals surface area contributed by atoms with Crippen LogP contribution in [0.2, 0.25) is 0 Å². The van der Waals surface area contributed by atoms with Crippen LogP contribution in [0.3, 0.4) is 0 Å². The molecular formula is C29H31ClF4N6O12S3. The number of sulfonamides is 2. The summed E-state index contributed by atoms with van der Waals surface area (Å²) >= 11 is 0. The zero-order valence-corrected chi connectivity index (χ0v) is 31.0. The second-order valence-electron chi connectivity index (χ2n) is 10.5. The number of benzene rings is 4. The molecule has 0 amide bonds. The zero-order chi connectivity index (χ0) is 42.3. The summed E-state index contributed by atoms with van der Waals surface area (Å²) in [7, 11) is -7.72. The monoisotopic (exact) mass is 862 g/mol. The maximum absolute atomic E-state index is 13.3. The summed E-state index contributed by atoms with van der Waals surface area (Å²) in [6, 6.07) is 8.82. The molecule has 26 heteroatoms. The van der Waals surface area contributed by atoms with E-state index in [0.29, 0.717) is 17.7 Å². The highest BCUT2D eigenvalue weighted by atomic mass is 35.7. The molecule has 6 N–H and O–H groups in total. The number of nitrogens with zero attached hydrogens (tertiary/aromatic N) is 3. The molecule has 18 nitrogen and oxygen atoms in total. The van der Waals surface area contributed by atoms with E-state index in [9.17, 15) is 73.2 Å². The van der Waals surface area contributed by atoms with Gasteiger partial charge in [-0.2, -0.15) is 0 Å². The molecule has 4 aromatic carbocycles. The molecule has 0 atom stereocenters. The van der Waals surface area contributed by atoms with Crippen molar-refractivity contribution in [1.29, 1.82) is 0 Å². The Bertz CT molecular complexity index is 2380. The summed E-state index contributed by atoms with van der Waals surface area (Å²) in [5, 5.41) is 40.4. The zero-order valence-electron chi connectivity index (χ0n) is 27.8. The fourth-order valence-corrected chi connectivity index (χ4v) is 6.13. The maximum Gasteiger partial charge on any atom is 0.271 e. The first-order valence-electron chi connectivity index (χ1n) is 13.8. The van der Waals surface area contributed by atoms with Crippen LogP contribution in [0.15, 0.2) is 69.3 Å². The minimum atomic E-state index is -4.32. The fourth-order valence-electron chi connectivity index (χ4n) is 3.75. The van der Waals surface area contributed by atoms with Crippen molar-refractivity contribution in [3.05, 3.63) is 130 Å². The van der Waals surface area contributed by atoms with E-state index in [4.69, 9.17) is 26.7 Å². The lowest BCUT2D eigenvalue weighted by Gasteiger charge is -2.04. The summed E-state index contributed by atoms with van der Waals surface area (Å²) < 4.78 is 117. The number of anilines is 1. The number of nitro groups is 3. The Balaban J connectivity index is 0.000000707. The van der Waals surface area contributed by atoms with E-state index >= 15 is 0 Å². The molecule has 0 saturated heterocycles. The Morgan fingerprint density at radius 3 is 1.22 bits per heavy atom. The summed E-state index contributed by atoms with van der Waals surface area (Å²) in [4.78, 5) is 26.4. The summed E-state index contributed by atoms with van der Waals surface area (Å²) in [6.07, 6.45) is 0. The molecule has 0 aliphatic carbocycles. The van der Waals surface area contributed by atoms with Gasteiger partial charge in [-0.3, -0.25) is 30.3 Å².